The van der Waals surface area contributed by atoms with Crippen molar-refractivity contribution >= 4 is 22.6 Å². The first-order chi connectivity index (χ1) is 13.3. The molecule has 0 aliphatic heterocycles. The van der Waals surface area contributed by atoms with Crippen LogP contribution in [-0.2, 0) is 6.18 Å². The van der Waals surface area contributed by atoms with E-state index in [9.17, 15) is 22.8 Å². The second kappa shape index (κ2) is 7.75. The molecule has 3 aromatic rings. The Morgan fingerprint density at radius 2 is 1.89 bits per heavy atom. The second-order valence-electron chi connectivity index (χ2n) is 6.00. The minimum Gasteiger partial charge on any atom is -0.491 e. The molecule has 0 bridgehead atoms. The van der Waals surface area contributed by atoms with Gasteiger partial charge < -0.3 is 14.5 Å². The summed E-state index contributed by atoms with van der Waals surface area (Å²) in [6, 6.07) is 10.7. The van der Waals surface area contributed by atoms with Gasteiger partial charge in [0.2, 0.25) is 0 Å². The number of fused-ring (bicyclic) bond motifs is 1. The molecule has 5 nitrogen and oxygen atoms in total. The summed E-state index contributed by atoms with van der Waals surface area (Å²) in [5.74, 6) is -0.812. The highest BCUT2D eigenvalue weighted by atomic mass is 19.4. The maximum atomic E-state index is 13.0. The highest BCUT2D eigenvalue weighted by Crippen LogP contribution is 2.35. The second-order valence-corrected chi connectivity index (χ2v) is 6.00. The summed E-state index contributed by atoms with van der Waals surface area (Å²) in [5.41, 5.74) is -2.04. The molecule has 8 heteroatoms. The number of carbonyl (C=O) groups excluding carboxylic acids is 1. The molecule has 146 valence electrons. The van der Waals surface area contributed by atoms with Crippen LogP contribution in [0.1, 0.15) is 29.3 Å². The summed E-state index contributed by atoms with van der Waals surface area (Å²) in [7, 11) is 0. The molecule has 0 aliphatic rings. The van der Waals surface area contributed by atoms with Gasteiger partial charge in [0.25, 0.3) is 5.91 Å². The van der Waals surface area contributed by atoms with E-state index in [1.807, 2.05) is 6.92 Å². The Balaban J connectivity index is 1.98. The summed E-state index contributed by atoms with van der Waals surface area (Å²) in [5, 5.41) is 2.84. The maximum Gasteiger partial charge on any atom is 0.416 e. The average molecular weight is 391 g/mol. The molecule has 0 unspecified atom stereocenters. The Morgan fingerprint density at radius 3 is 2.61 bits per heavy atom. The first kappa shape index (κ1) is 19.5. The van der Waals surface area contributed by atoms with Gasteiger partial charge in [-0.1, -0.05) is 25.1 Å². The minimum absolute atomic E-state index is 0.0772. The van der Waals surface area contributed by atoms with Gasteiger partial charge in [0.1, 0.15) is 16.9 Å². The van der Waals surface area contributed by atoms with E-state index >= 15 is 0 Å². The predicted molar refractivity (Wildman–Crippen MR) is 97.7 cm³/mol. The van der Waals surface area contributed by atoms with Gasteiger partial charge in [0, 0.05) is 5.39 Å². The molecule has 0 fully saturated rings. The number of halogens is 3. The molecule has 0 radical (unpaired) electrons. The van der Waals surface area contributed by atoms with Gasteiger partial charge in [-0.25, -0.2) is 4.79 Å². The zero-order valence-corrected chi connectivity index (χ0v) is 14.8. The molecule has 1 N–H and O–H groups in total. The lowest BCUT2D eigenvalue weighted by atomic mass is 10.1. The quantitative estimate of drug-likeness (QED) is 0.631. The van der Waals surface area contributed by atoms with Crippen molar-refractivity contribution in [1.29, 1.82) is 0 Å². The van der Waals surface area contributed by atoms with Crippen molar-refractivity contribution in [2.75, 3.05) is 11.9 Å². The molecule has 3 rings (SSSR count). The first-order valence-corrected chi connectivity index (χ1v) is 8.48. The Morgan fingerprint density at radius 1 is 1.14 bits per heavy atom. The lowest BCUT2D eigenvalue weighted by Crippen LogP contribution is -2.21. The lowest BCUT2D eigenvalue weighted by Gasteiger charge is -2.15. The first-order valence-electron chi connectivity index (χ1n) is 8.48. The topological polar surface area (TPSA) is 68.5 Å². The third-order valence-electron chi connectivity index (χ3n) is 3.90. The number of benzene rings is 2. The fraction of sp³-hybridized carbons (Fsp3) is 0.200. The van der Waals surface area contributed by atoms with E-state index in [-0.39, 0.29) is 23.6 Å². The van der Waals surface area contributed by atoms with E-state index in [1.54, 1.807) is 24.3 Å². The molecule has 0 spiro atoms. The van der Waals surface area contributed by atoms with E-state index in [0.717, 1.165) is 18.2 Å². The summed E-state index contributed by atoms with van der Waals surface area (Å²) in [6.45, 7) is 2.09. The summed E-state index contributed by atoms with van der Waals surface area (Å²) < 4.78 is 49.6. The van der Waals surface area contributed by atoms with Crippen LogP contribution in [0, 0.1) is 0 Å². The van der Waals surface area contributed by atoms with Gasteiger partial charge in [-0.3, -0.25) is 4.79 Å². The van der Waals surface area contributed by atoms with Gasteiger partial charge >= 0.3 is 11.8 Å². The van der Waals surface area contributed by atoms with Crippen LogP contribution in [-0.4, -0.2) is 12.5 Å². The van der Waals surface area contributed by atoms with E-state index < -0.39 is 23.3 Å². The number of carbonyl (C=O) groups is 1. The summed E-state index contributed by atoms with van der Waals surface area (Å²) in [6.07, 6.45) is -3.96. The monoisotopic (exact) mass is 391 g/mol. The molecule has 1 aromatic heterocycles. The molecule has 0 aliphatic carbocycles. The van der Waals surface area contributed by atoms with Crippen molar-refractivity contribution in [3.05, 3.63) is 70.1 Å². The molecule has 0 saturated heterocycles. The highest BCUT2D eigenvalue weighted by molar-refractivity contribution is 6.06. The van der Waals surface area contributed by atoms with Crippen LogP contribution in [0.25, 0.3) is 11.0 Å². The third kappa shape index (κ3) is 4.16. The van der Waals surface area contributed by atoms with Crippen LogP contribution in [0.5, 0.6) is 5.75 Å². The number of nitrogens with one attached hydrogen (secondary N) is 1. The van der Waals surface area contributed by atoms with Crippen molar-refractivity contribution < 1.29 is 27.1 Å². The Hall–Kier alpha value is -3.29. The van der Waals surface area contributed by atoms with Crippen LogP contribution < -0.4 is 15.7 Å². The van der Waals surface area contributed by atoms with Gasteiger partial charge in [0.05, 0.1) is 17.9 Å². The smallest absolute Gasteiger partial charge is 0.416 e. The van der Waals surface area contributed by atoms with Crippen molar-refractivity contribution in [1.82, 2.24) is 0 Å². The van der Waals surface area contributed by atoms with Gasteiger partial charge in [-0.05, 0) is 36.8 Å². The van der Waals surface area contributed by atoms with E-state index in [4.69, 9.17) is 9.15 Å². The standard InChI is InChI=1S/C20H16F3NO4/c1-2-9-27-17-8-7-13(20(21,22)23)11-15(17)24-18(25)14-10-12-5-3-4-6-16(12)28-19(14)26/h3-8,10-11H,2,9H2,1H3,(H,24,25). The Bertz CT molecular complexity index is 1070. The summed E-state index contributed by atoms with van der Waals surface area (Å²) in [4.78, 5) is 24.7. The van der Waals surface area contributed by atoms with Gasteiger partial charge in [0.15, 0.2) is 0 Å². The van der Waals surface area contributed by atoms with Crippen LogP contribution in [0.4, 0.5) is 18.9 Å². The largest absolute Gasteiger partial charge is 0.491 e. The van der Waals surface area contributed by atoms with Crippen LogP contribution in [0.3, 0.4) is 0 Å². The number of hydrogen-bond donors (Lipinski definition) is 1. The molecule has 1 amide bonds. The number of hydrogen-bond acceptors (Lipinski definition) is 4. The SMILES string of the molecule is CCCOc1ccc(C(F)(F)F)cc1NC(=O)c1cc2ccccc2oc1=O. The van der Waals surface area contributed by atoms with Crippen LogP contribution in [0.2, 0.25) is 0 Å². The molecule has 0 saturated carbocycles. The van der Waals surface area contributed by atoms with Crippen molar-refractivity contribution in [2.24, 2.45) is 0 Å². The fourth-order valence-electron chi connectivity index (χ4n) is 2.55. The molecule has 1 heterocycles. The predicted octanol–water partition coefficient (Wildman–Crippen LogP) is 4.85. The normalized spacial score (nSPS) is 11.4. The number of rotatable bonds is 5. The Labute approximate surface area is 157 Å². The number of alkyl halides is 3. The van der Waals surface area contributed by atoms with Crippen molar-refractivity contribution in [2.45, 2.75) is 19.5 Å². The molecule has 28 heavy (non-hydrogen) atoms. The van der Waals surface area contributed by atoms with Crippen LogP contribution in [0.15, 0.2) is 57.7 Å². The van der Waals surface area contributed by atoms with E-state index in [0.29, 0.717) is 17.4 Å². The van der Waals surface area contributed by atoms with E-state index in [2.05, 4.69) is 5.32 Å². The Kier molecular flexibility index (Phi) is 5.39. The zero-order valence-electron chi connectivity index (χ0n) is 14.8. The number of ether oxygens (including phenoxy) is 1. The van der Waals surface area contributed by atoms with E-state index in [1.165, 1.54) is 6.07 Å². The highest BCUT2D eigenvalue weighted by Gasteiger charge is 2.31. The third-order valence-corrected chi connectivity index (χ3v) is 3.90. The minimum atomic E-state index is -4.59. The number of para-hydroxylation sites is 1. The lowest BCUT2D eigenvalue weighted by molar-refractivity contribution is -0.137. The van der Waals surface area contributed by atoms with Crippen molar-refractivity contribution in [3.8, 4) is 5.75 Å². The zero-order chi connectivity index (χ0) is 20.3. The molecule has 0 atom stereocenters. The molecular formula is C20H16F3NO4. The number of anilines is 1. The van der Waals surface area contributed by atoms with Gasteiger partial charge in [-0.15, -0.1) is 0 Å². The number of amides is 1. The maximum absolute atomic E-state index is 13.0. The van der Waals surface area contributed by atoms with Crippen molar-refractivity contribution in [3.63, 3.8) is 0 Å². The molecular weight excluding hydrogens is 375 g/mol. The van der Waals surface area contributed by atoms with Gasteiger partial charge in [-0.2, -0.15) is 13.2 Å². The average Bonchev–Trinajstić information content (AvgIpc) is 2.65. The fourth-order valence-corrected chi connectivity index (χ4v) is 2.55. The summed E-state index contributed by atoms with van der Waals surface area (Å²) >= 11 is 0. The van der Waals surface area contributed by atoms with Crippen LogP contribution >= 0.6 is 0 Å². The molecule has 2 aromatic carbocycles.